The topological polar surface area (TPSA) is 174 Å². The van der Waals surface area contributed by atoms with E-state index in [1.54, 1.807) is 0 Å². The quantitative estimate of drug-likeness (QED) is 0.119. The standard InChI is InChI=1S/C23H35N5O7S/c1-13(21-20-15(12-36-21)26-23(35)27-20)5-6-16(29)24-10-3-2-4-14(22(33)34)25-17(30)9-11-28-18(31)7-8-19(28)32/h13-15,20-21H,2-12H2,1H3,(H,24,29)(H,25,30)(H,33,34)(H2,26,27,35)/t13?,14-,15-,20-,21-/m0/s1. The number of aliphatic carboxylic acids is 1. The molecule has 200 valence electrons. The van der Waals surface area contributed by atoms with Gasteiger partial charge in [-0.05, 0) is 31.6 Å². The predicted octanol–water partition coefficient (Wildman–Crippen LogP) is -0.0369. The van der Waals surface area contributed by atoms with Crippen LogP contribution in [0, 0.1) is 5.92 Å². The molecule has 0 spiro atoms. The third-order valence-corrected chi connectivity index (χ3v) is 8.54. The molecule has 3 aliphatic rings. The smallest absolute Gasteiger partial charge is 0.326 e. The second-order valence-electron chi connectivity index (χ2n) is 9.56. The average molecular weight is 526 g/mol. The van der Waals surface area contributed by atoms with Crippen molar-refractivity contribution in [1.82, 2.24) is 26.2 Å². The van der Waals surface area contributed by atoms with E-state index in [2.05, 4.69) is 28.2 Å². The van der Waals surface area contributed by atoms with Crippen molar-refractivity contribution in [2.24, 2.45) is 5.92 Å². The van der Waals surface area contributed by atoms with E-state index in [0.717, 1.165) is 10.7 Å². The normalized spacial score (nSPS) is 24.6. The van der Waals surface area contributed by atoms with Crippen molar-refractivity contribution >= 4 is 47.4 Å². The van der Waals surface area contributed by atoms with Gasteiger partial charge in [-0.15, -0.1) is 0 Å². The van der Waals surface area contributed by atoms with Gasteiger partial charge in [-0.1, -0.05) is 6.92 Å². The largest absolute Gasteiger partial charge is 0.480 e. The minimum absolute atomic E-state index is 0.0489. The number of hydrogen-bond acceptors (Lipinski definition) is 7. The monoisotopic (exact) mass is 525 g/mol. The Bertz CT molecular complexity index is 869. The van der Waals surface area contributed by atoms with Crippen molar-refractivity contribution in [3.63, 3.8) is 0 Å². The number of rotatable bonds is 14. The average Bonchev–Trinajstić information content (AvgIpc) is 3.48. The van der Waals surface area contributed by atoms with E-state index in [1.807, 2.05) is 11.8 Å². The number of amides is 6. The zero-order chi connectivity index (χ0) is 26.2. The summed E-state index contributed by atoms with van der Waals surface area (Å²) in [5.74, 6) is -1.23. The van der Waals surface area contributed by atoms with Crippen LogP contribution in [-0.4, -0.2) is 87.9 Å². The van der Waals surface area contributed by atoms with E-state index in [9.17, 15) is 33.9 Å². The van der Waals surface area contributed by atoms with Crippen LogP contribution in [0.25, 0.3) is 0 Å². The number of imide groups is 1. The van der Waals surface area contributed by atoms with Gasteiger partial charge in [0, 0.05) is 49.8 Å². The van der Waals surface area contributed by atoms with Crippen molar-refractivity contribution in [1.29, 1.82) is 0 Å². The maximum absolute atomic E-state index is 12.2. The first-order valence-electron chi connectivity index (χ1n) is 12.5. The van der Waals surface area contributed by atoms with Gasteiger partial charge >= 0.3 is 12.0 Å². The Morgan fingerprint density at radius 1 is 1.06 bits per heavy atom. The Kier molecular flexibility index (Phi) is 9.97. The number of fused-ring (bicyclic) bond motifs is 1. The molecule has 36 heavy (non-hydrogen) atoms. The van der Waals surface area contributed by atoms with Crippen LogP contribution in [0.15, 0.2) is 0 Å². The van der Waals surface area contributed by atoms with Crippen LogP contribution in [0.3, 0.4) is 0 Å². The Morgan fingerprint density at radius 2 is 1.78 bits per heavy atom. The van der Waals surface area contributed by atoms with Gasteiger partial charge in [-0.2, -0.15) is 11.8 Å². The molecular formula is C23H35N5O7S. The number of likely N-dealkylation sites (tertiary alicyclic amines) is 1. The SMILES string of the molecule is CC(CCC(=O)NCCCC[C@H](NC(=O)CCN1C(=O)CCC1=O)C(=O)O)[C@@H]1SC[C@@H]2NC(=O)N[C@@H]21. The molecule has 3 saturated heterocycles. The lowest BCUT2D eigenvalue weighted by Gasteiger charge is -2.23. The third-order valence-electron chi connectivity index (χ3n) is 6.85. The Hall–Kier alpha value is -2.83. The third kappa shape index (κ3) is 7.58. The van der Waals surface area contributed by atoms with Gasteiger partial charge in [0.1, 0.15) is 6.04 Å². The van der Waals surface area contributed by atoms with E-state index >= 15 is 0 Å². The molecule has 13 heteroatoms. The zero-order valence-electron chi connectivity index (χ0n) is 20.4. The minimum atomic E-state index is -1.16. The Morgan fingerprint density at radius 3 is 2.47 bits per heavy atom. The number of unbranched alkanes of at least 4 members (excludes halogenated alkanes) is 1. The molecule has 1 unspecified atom stereocenters. The minimum Gasteiger partial charge on any atom is -0.480 e. The maximum Gasteiger partial charge on any atom is 0.326 e. The molecule has 3 rings (SSSR count). The number of carbonyl (C=O) groups is 6. The predicted molar refractivity (Wildman–Crippen MR) is 131 cm³/mol. The summed E-state index contributed by atoms with van der Waals surface area (Å²) in [4.78, 5) is 71.5. The molecule has 12 nitrogen and oxygen atoms in total. The van der Waals surface area contributed by atoms with Gasteiger partial charge in [-0.3, -0.25) is 24.1 Å². The summed E-state index contributed by atoms with van der Waals surface area (Å²) in [7, 11) is 0. The van der Waals surface area contributed by atoms with Crippen LogP contribution in [0.5, 0.6) is 0 Å². The molecule has 5 atom stereocenters. The number of nitrogens with zero attached hydrogens (tertiary/aromatic N) is 1. The number of hydrogen-bond donors (Lipinski definition) is 5. The Labute approximate surface area is 214 Å². The number of urea groups is 1. The molecule has 0 aromatic carbocycles. The second kappa shape index (κ2) is 12.9. The molecule has 3 heterocycles. The molecule has 5 N–H and O–H groups in total. The van der Waals surface area contributed by atoms with Gasteiger partial charge in [0.15, 0.2) is 0 Å². The van der Waals surface area contributed by atoms with Gasteiger partial charge in [0.25, 0.3) is 0 Å². The summed E-state index contributed by atoms with van der Waals surface area (Å²) in [6.45, 7) is 2.46. The zero-order valence-corrected chi connectivity index (χ0v) is 21.2. The maximum atomic E-state index is 12.2. The fourth-order valence-electron chi connectivity index (χ4n) is 4.77. The molecule has 0 radical (unpaired) electrons. The second-order valence-corrected chi connectivity index (χ2v) is 10.8. The Balaban J connectivity index is 1.26. The van der Waals surface area contributed by atoms with E-state index < -0.39 is 17.9 Å². The highest BCUT2D eigenvalue weighted by Crippen LogP contribution is 2.36. The fraction of sp³-hybridized carbons (Fsp3) is 0.739. The van der Waals surface area contributed by atoms with Crippen LogP contribution in [0.4, 0.5) is 4.79 Å². The van der Waals surface area contributed by atoms with Crippen molar-refractivity contribution in [3.8, 4) is 0 Å². The summed E-state index contributed by atoms with van der Waals surface area (Å²) in [6, 6.07) is -0.938. The first-order valence-corrected chi connectivity index (χ1v) is 13.5. The van der Waals surface area contributed by atoms with Crippen LogP contribution >= 0.6 is 11.8 Å². The van der Waals surface area contributed by atoms with Crippen LogP contribution < -0.4 is 21.3 Å². The molecular weight excluding hydrogens is 490 g/mol. The van der Waals surface area contributed by atoms with E-state index in [4.69, 9.17) is 0 Å². The summed E-state index contributed by atoms with van der Waals surface area (Å²) in [5, 5.41) is 20.8. The van der Waals surface area contributed by atoms with Crippen molar-refractivity contribution < 1.29 is 33.9 Å². The molecule has 0 aliphatic carbocycles. The highest BCUT2D eigenvalue weighted by Gasteiger charge is 2.45. The number of carboxylic acid groups (broad SMARTS) is 1. The van der Waals surface area contributed by atoms with E-state index in [1.165, 1.54) is 0 Å². The van der Waals surface area contributed by atoms with Crippen LogP contribution in [-0.2, 0) is 24.0 Å². The lowest BCUT2D eigenvalue weighted by atomic mass is 9.94. The lowest BCUT2D eigenvalue weighted by Crippen LogP contribution is -2.42. The van der Waals surface area contributed by atoms with E-state index in [0.29, 0.717) is 32.2 Å². The highest BCUT2D eigenvalue weighted by atomic mass is 32.2. The summed E-state index contributed by atoms with van der Waals surface area (Å²) >= 11 is 1.82. The molecule has 6 amide bonds. The van der Waals surface area contributed by atoms with Gasteiger partial charge in [0.05, 0.1) is 12.1 Å². The van der Waals surface area contributed by atoms with Gasteiger partial charge in [0.2, 0.25) is 23.6 Å². The molecule has 0 bridgehead atoms. The summed E-state index contributed by atoms with van der Waals surface area (Å²) in [5.41, 5.74) is 0. The first kappa shape index (κ1) is 27.8. The molecule has 3 fully saturated rings. The number of nitrogens with one attached hydrogen (secondary N) is 4. The summed E-state index contributed by atoms with van der Waals surface area (Å²) < 4.78 is 0. The molecule has 0 aromatic heterocycles. The molecule has 3 aliphatic heterocycles. The first-order chi connectivity index (χ1) is 17.2. The van der Waals surface area contributed by atoms with Crippen molar-refractivity contribution in [2.45, 2.75) is 81.7 Å². The van der Waals surface area contributed by atoms with Crippen molar-refractivity contribution in [3.05, 3.63) is 0 Å². The van der Waals surface area contributed by atoms with Crippen LogP contribution in [0.1, 0.15) is 58.3 Å². The number of carbonyl (C=O) groups excluding carboxylic acids is 5. The highest BCUT2D eigenvalue weighted by molar-refractivity contribution is 8.00. The van der Waals surface area contributed by atoms with Crippen molar-refractivity contribution in [2.75, 3.05) is 18.8 Å². The van der Waals surface area contributed by atoms with Gasteiger partial charge in [-0.25, -0.2) is 9.59 Å². The molecule has 0 aromatic rings. The van der Waals surface area contributed by atoms with E-state index in [-0.39, 0.29) is 79.2 Å². The van der Waals surface area contributed by atoms with Gasteiger partial charge < -0.3 is 26.4 Å². The van der Waals surface area contributed by atoms with Crippen LogP contribution in [0.2, 0.25) is 0 Å². The number of carboxylic acids is 1. The fourth-order valence-corrected chi connectivity index (χ4v) is 6.42. The molecule has 0 saturated carbocycles. The lowest BCUT2D eigenvalue weighted by molar-refractivity contribution is -0.143. The number of thioether (sulfide) groups is 1. The summed E-state index contributed by atoms with van der Waals surface area (Å²) in [6.07, 6.45) is 2.51.